The second kappa shape index (κ2) is 8.60. The first-order chi connectivity index (χ1) is 6.74. The molecule has 14 heavy (non-hydrogen) atoms. The van der Waals surface area contributed by atoms with E-state index < -0.39 is 0 Å². The van der Waals surface area contributed by atoms with Gasteiger partial charge in [-0.05, 0) is 24.7 Å². The smallest absolute Gasteiger partial charge is 0.00920 e. The number of nitrogens with zero attached hydrogens (tertiary/aromatic N) is 1. The fourth-order valence-electron chi connectivity index (χ4n) is 1.85. The third-order valence-corrected chi connectivity index (χ3v) is 3.74. The van der Waals surface area contributed by atoms with Crippen LogP contribution in [-0.4, -0.2) is 23.1 Å². The minimum atomic E-state index is 0.888. The van der Waals surface area contributed by atoms with Crippen LogP contribution in [0.4, 0.5) is 0 Å². The lowest BCUT2D eigenvalue weighted by Crippen LogP contribution is -2.30. The lowest BCUT2D eigenvalue weighted by molar-refractivity contribution is 0.237. The molecular weight excluding hydrogens is 190 g/mol. The molecule has 0 amide bonds. The fraction of sp³-hybridized carbons (Fsp3) is 1.00. The average Bonchev–Trinajstić information content (AvgIpc) is 2.22. The predicted molar refractivity (Wildman–Crippen MR) is 68.6 cm³/mol. The van der Waals surface area contributed by atoms with Crippen molar-refractivity contribution < 1.29 is 0 Å². The predicted octanol–water partition coefficient (Wildman–Crippen LogP) is 4.05. The Labute approximate surface area is 94.8 Å². The Kier molecular flexibility index (Phi) is 8.80. The van der Waals surface area contributed by atoms with Crippen molar-refractivity contribution in [3.63, 3.8) is 0 Å². The van der Waals surface area contributed by atoms with Gasteiger partial charge in [-0.3, -0.25) is 4.31 Å². The third kappa shape index (κ3) is 5.26. The molecular formula is C12H27NS. The molecule has 0 aliphatic carbocycles. The number of hydrogen-bond acceptors (Lipinski definition) is 2. The van der Waals surface area contributed by atoms with Gasteiger partial charge in [0, 0.05) is 18.8 Å². The van der Waals surface area contributed by atoms with E-state index in [1.807, 2.05) is 25.8 Å². The topological polar surface area (TPSA) is 3.24 Å². The number of rotatable bonds is 3. The van der Waals surface area contributed by atoms with Crippen molar-refractivity contribution in [2.45, 2.75) is 47.5 Å². The summed E-state index contributed by atoms with van der Waals surface area (Å²) in [5.41, 5.74) is 0. The third-order valence-electron chi connectivity index (χ3n) is 2.75. The standard InChI is InChI=1S/C10H21NS.C2H6/c1-4-12-11-7-5-10(6-8-11)9(2)3;1-2/h9-10H,4-8H2,1-3H3;1-2H3. The maximum Gasteiger partial charge on any atom is 0.00920 e. The van der Waals surface area contributed by atoms with Crippen LogP contribution in [0.15, 0.2) is 0 Å². The molecule has 1 aliphatic heterocycles. The van der Waals surface area contributed by atoms with E-state index >= 15 is 0 Å². The Hall–Kier alpha value is 0.310. The summed E-state index contributed by atoms with van der Waals surface area (Å²) in [7, 11) is 0. The van der Waals surface area contributed by atoms with Gasteiger partial charge in [-0.15, -0.1) is 0 Å². The molecule has 1 heterocycles. The van der Waals surface area contributed by atoms with Crippen molar-refractivity contribution in [3.05, 3.63) is 0 Å². The molecule has 0 atom stereocenters. The van der Waals surface area contributed by atoms with E-state index in [9.17, 15) is 0 Å². The zero-order valence-electron chi connectivity index (χ0n) is 10.5. The van der Waals surface area contributed by atoms with Gasteiger partial charge in [0.15, 0.2) is 0 Å². The quantitative estimate of drug-likeness (QED) is 0.656. The minimum absolute atomic E-state index is 0.888. The van der Waals surface area contributed by atoms with Gasteiger partial charge < -0.3 is 0 Å². The summed E-state index contributed by atoms with van der Waals surface area (Å²) in [5, 5.41) is 0. The molecule has 1 rings (SSSR count). The normalized spacial score (nSPS) is 19.3. The van der Waals surface area contributed by atoms with Crippen molar-refractivity contribution in [1.82, 2.24) is 4.31 Å². The van der Waals surface area contributed by atoms with Gasteiger partial charge in [0.2, 0.25) is 0 Å². The van der Waals surface area contributed by atoms with Crippen molar-refractivity contribution in [2.75, 3.05) is 18.8 Å². The molecule has 1 nitrogen and oxygen atoms in total. The summed E-state index contributed by atoms with van der Waals surface area (Å²) in [6, 6.07) is 0. The Bertz CT molecular complexity index is 117. The van der Waals surface area contributed by atoms with Gasteiger partial charge in [-0.2, -0.15) is 0 Å². The Morgan fingerprint density at radius 2 is 1.71 bits per heavy atom. The maximum absolute atomic E-state index is 2.53. The van der Waals surface area contributed by atoms with Crippen molar-refractivity contribution in [2.24, 2.45) is 11.8 Å². The molecule has 0 unspecified atom stereocenters. The average molecular weight is 217 g/mol. The summed E-state index contributed by atoms with van der Waals surface area (Å²) in [6.07, 6.45) is 2.81. The van der Waals surface area contributed by atoms with Gasteiger partial charge >= 0.3 is 0 Å². The second-order valence-corrected chi connectivity index (χ2v) is 5.28. The van der Waals surface area contributed by atoms with E-state index in [4.69, 9.17) is 0 Å². The zero-order chi connectivity index (χ0) is 11.0. The zero-order valence-corrected chi connectivity index (χ0v) is 11.4. The molecule has 0 bridgehead atoms. The fourth-order valence-corrected chi connectivity index (χ4v) is 2.69. The van der Waals surface area contributed by atoms with Gasteiger partial charge in [-0.1, -0.05) is 46.6 Å². The highest BCUT2D eigenvalue weighted by Crippen LogP contribution is 2.27. The lowest BCUT2D eigenvalue weighted by Gasteiger charge is -2.32. The summed E-state index contributed by atoms with van der Waals surface area (Å²) in [6.45, 7) is 13.6. The molecule has 1 aliphatic rings. The van der Waals surface area contributed by atoms with Gasteiger partial charge in [-0.25, -0.2) is 0 Å². The highest BCUT2D eigenvalue weighted by molar-refractivity contribution is 7.96. The van der Waals surface area contributed by atoms with Crippen molar-refractivity contribution in [1.29, 1.82) is 0 Å². The molecule has 0 N–H and O–H groups in total. The second-order valence-electron chi connectivity index (χ2n) is 3.93. The number of piperidine rings is 1. The first-order valence-corrected chi connectivity index (χ1v) is 7.06. The van der Waals surface area contributed by atoms with Crippen LogP contribution in [0.3, 0.4) is 0 Å². The van der Waals surface area contributed by atoms with Crippen LogP contribution in [0.25, 0.3) is 0 Å². The highest BCUT2D eigenvalue weighted by atomic mass is 32.2. The van der Waals surface area contributed by atoms with Gasteiger partial charge in [0.05, 0.1) is 0 Å². The van der Waals surface area contributed by atoms with Crippen LogP contribution in [-0.2, 0) is 0 Å². The largest absolute Gasteiger partial charge is 0.251 e. The molecule has 2 heteroatoms. The summed E-state index contributed by atoms with van der Waals surface area (Å²) >= 11 is 2.00. The van der Waals surface area contributed by atoms with Crippen LogP contribution in [0.1, 0.15) is 47.5 Å². The molecule has 0 spiro atoms. The van der Waals surface area contributed by atoms with Crippen LogP contribution in [0, 0.1) is 11.8 Å². The lowest BCUT2D eigenvalue weighted by atomic mass is 9.87. The Morgan fingerprint density at radius 1 is 1.21 bits per heavy atom. The summed E-state index contributed by atoms with van der Waals surface area (Å²) < 4.78 is 2.53. The number of hydrogen-bond donors (Lipinski definition) is 0. The van der Waals surface area contributed by atoms with Gasteiger partial charge in [0.25, 0.3) is 0 Å². The molecule has 1 saturated heterocycles. The molecule has 0 aromatic heterocycles. The molecule has 1 fully saturated rings. The SMILES string of the molecule is CC.CCSN1CCC(C(C)C)CC1. The van der Waals surface area contributed by atoms with E-state index in [2.05, 4.69) is 25.1 Å². The van der Waals surface area contributed by atoms with E-state index in [1.165, 1.54) is 31.7 Å². The van der Waals surface area contributed by atoms with Crippen molar-refractivity contribution in [3.8, 4) is 0 Å². The highest BCUT2D eigenvalue weighted by Gasteiger charge is 2.20. The Balaban J connectivity index is 0.000000791. The van der Waals surface area contributed by atoms with Crippen LogP contribution in [0.2, 0.25) is 0 Å². The van der Waals surface area contributed by atoms with Crippen LogP contribution in [0.5, 0.6) is 0 Å². The Morgan fingerprint density at radius 3 is 2.07 bits per heavy atom. The van der Waals surface area contributed by atoms with Crippen molar-refractivity contribution >= 4 is 11.9 Å². The van der Waals surface area contributed by atoms with Crippen LogP contribution < -0.4 is 0 Å². The van der Waals surface area contributed by atoms with E-state index in [0.717, 1.165) is 11.8 Å². The molecule has 0 saturated carbocycles. The minimum Gasteiger partial charge on any atom is -0.251 e. The summed E-state index contributed by atoms with van der Waals surface area (Å²) in [5.74, 6) is 3.10. The maximum atomic E-state index is 2.53. The molecule has 0 aromatic rings. The van der Waals surface area contributed by atoms with Gasteiger partial charge in [0.1, 0.15) is 0 Å². The van der Waals surface area contributed by atoms with Crippen LogP contribution >= 0.6 is 11.9 Å². The molecule has 86 valence electrons. The first-order valence-electron chi connectivity index (χ1n) is 6.12. The molecule has 0 radical (unpaired) electrons. The van der Waals surface area contributed by atoms with E-state index in [-0.39, 0.29) is 0 Å². The molecule has 0 aromatic carbocycles. The van der Waals surface area contributed by atoms with E-state index in [1.54, 1.807) is 0 Å². The van der Waals surface area contributed by atoms with E-state index in [0.29, 0.717) is 0 Å². The summed E-state index contributed by atoms with van der Waals surface area (Å²) in [4.78, 5) is 0. The first kappa shape index (κ1) is 14.3. The monoisotopic (exact) mass is 217 g/mol.